The van der Waals surface area contributed by atoms with Crippen LogP contribution in [0.2, 0.25) is 5.02 Å². The minimum atomic E-state index is -0.273. The van der Waals surface area contributed by atoms with Gasteiger partial charge in [-0.25, -0.2) is 9.37 Å². The van der Waals surface area contributed by atoms with Crippen molar-refractivity contribution in [2.45, 2.75) is 29.3 Å². The van der Waals surface area contributed by atoms with Crippen molar-refractivity contribution >= 4 is 23.4 Å². The zero-order valence-electron chi connectivity index (χ0n) is 10.4. The van der Waals surface area contributed by atoms with Crippen LogP contribution in [0.15, 0.2) is 46.5 Å². The van der Waals surface area contributed by atoms with Crippen molar-refractivity contribution in [3.63, 3.8) is 0 Å². The average molecular weight is 297 g/mol. The molecule has 0 saturated carbocycles. The normalized spacial score (nSPS) is 12.4. The van der Waals surface area contributed by atoms with Crippen LogP contribution in [0.4, 0.5) is 4.39 Å². The predicted octanol–water partition coefficient (Wildman–Crippen LogP) is 3.92. The van der Waals surface area contributed by atoms with E-state index in [0.29, 0.717) is 21.4 Å². The maximum Gasteiger partial charge on any atom is 0.137 e. The van der Waals surface area contributed by atoms with Gasteiger partial charge in [0.05, 0.1) is 5.02 Å². The molecule has 1 aromatic heterocycles. The van der Waals surface area contributed by atoms with Crippen LogP contribution in [-0.2, 0) is 6.42 Å². The molecule has 1 aromatic carbocycles. The Labute approximate surface area is 121 Å². The zero-order chi connectivity index (χ0) is 13.8. The Morgan fingerprint density at radius 2 is 2.21 bits per heavy atom. The fourth-order valence-electron chi connectivity index (χ4n) is 1.68. The number of pyridine rings is 1. The minimum Gasteiger partial charge on any atom is -0.328 e. The average Bonchev–Trinajstić information content (AvgIpc) is 2.34. The lowest BCUT2D eigenvalue weighted by Gasteiger charge is -2.08. The molecule has 0 spiro atoms. The highest BCUT2D eigenvalue weighted by atomic mass is 35.5. The summed E-state index contributed by atoms with van der Waals surface area (Å²) < 4.78 is 14.0. The summed E-state index contributed by atoms with van der Waals surface area (Å²) in [6, 6.07) is 8.63. The van der Waals surface area contributed by atoms with Gasteiger partial charge >= 0.3 is 0 Å². The lowest BCUT2D eigenvalue weighted by atomic mass is 10.1. The van der Waals surface area contributed by atoms with Crippen molar-refractivity contribution in [2.75, 3.05) is 0 Å². The van der Waals surface area contributed by atoms with Crippen LogP contribution in [0.3, 0.4) is 0 Å². The van der Waals surface area contributed by atoms with Crippen molar-refractivity contribution in [1.29, 1.82) is 0 Å². The van der Waals surface area contributed by atoms with Crippen molar-refractivity contribution in [2.24, 2.45) is 5.73 Å². The molecule has 2 rings (SSSR count). The van der Waals surface area contributed by atoms with E-state index in [1.165, 1.54) is 17.8 Å². The maximum atomic E-state index is 14.0. The van der Waals surface area contributed by atoms with E-state index in [0.717, 1.165) is 5.56 Å². The van der Waals surface area contributed by atoms with Crippen LogP contribution in [0.1, 0.15) is 12.5 Å². The molecule has 100 valence electrons. The number of halogens is 2. The summed E-state index contributed by atoms with van der Waals surface area (Å²) in [5.41, 5.74) is 6.59. The highest BCUT2D eigenvalue weighted by molar-refractivity contribution is 7.99. The largest absolute Gasteiger partial charge is 0.328 e. The summed E-state index contributed by atoms with van der Waals surface area (Å²) in [6.07, 6.45) is 2.29. The molecule has 2 N–H and O–H groups in total. The lowest BCUT2D eigenvalue weighted by Crippen LogP contribution is -2.17. The second kappa shape index (κ2) is 6.37. The Balaban J connectivity index is 2.20. The number of rotatable bonds is 4. The lowest BCUT2D eigenvalue weighted by molar-refractivity contribution is 0.597. The second-order valence-corrected chi connectivity index (χ2v) is 5.78. The molecule has 0 aliphatic carbocycles. The molecular formula is C14H14ClFN2S. The van der Waals surface area contributed by atoms with E-state index < -0.39 is 0 Å². The standard InChI is InChI=1S/C14H14ClFN2S/c1-9(17)7-10-4-5-13(12(16)8-10)19-14-11(15)3-2-6-18-14/h2-6,8-9H,7,17H2,1H3. The first kappa shape index (κ1) is 14.3. The van der Waals surface area contributed by atoms with Gasteiger partial charge in [-0.1, -0.05) is 29.4 Å². The maximum absolute atomic E-state index is 14.0. The van der Waals surface area contributed by atoms with E-state index in [1.807, 2.05) is 13.0 Å². The summed E-state index contributed by atoms with van der Waals surface area (Å²) in [6.45, 7) is 1.90. The highest BCUT2D eigenvalue weighted by Gasteiger charge is 2.09. The van der Waals surface area contributed by atoms with Gasteiger partial charge in [0.25, 0.3) is 0 Å². The van der Waals surface area contributed by atoms with Gasteiger partial charge in [0, 0.05) is 17.1 Å². The number of nitrogens with two attached hydrogens (primary N) is 1. The molecule has 0 bridgehead atoms. The molecule has 0 aliphatic rings. The zero-order valence-corrected chi connectivity index (χ0v) is 12.0. The summed E-state index contributed by atoms with van der Waals surface area (Å²) in [4.78, 5) is 4.64. The fourth-order valence-corrected chi connectivity index (χ4v) is 2.69. The number of hydrogen-bond donors (Lipinski definition) is 1. The van der Waals surface area contributed by atoms with Gasteiger partial charge in [-0.15, -0.1) is 0 Å². The van der Waals surface area contributed by atoms with Gasteiger partial charge in [0.15, 0.2) is 0 Å². The molecular weight excluding hydrogens is 283 g/mol. The topological polar surface area (TPSA) is 38.9 Å². The van der Waals surface area contributed by atoms with Gasteiger partial charge in [-0.3, -0.25) is 0 Å². The number of aromatic nitrogens is 1. The molecule has 1 unspecified atom stereocenters. The molecule has 5 heteroatoms. The Hall–Kier alpha value is -1.10. The first-order valence-electron chi connectivity index (χ1n) is 5.88. The van der Waals surface area contributed by atoms with E-state index in [1.54, 1.807) is 24.4 Å². The van der Waals surface area contributed by atoms with E-state index >= 15 is 0 Å². The fraction of sp³-hybridized carbons (Fsp3) is 0.214. The van der Waals surface area contributed by atoms with E-state index in [4.69, 9.17) is 17.3 Å². The molecule has 2 aromatic rings. The second-order valence-electron chi connectivity index (χ2n) is 4.34. The van der Waals surface area contributed by atoms with Gasteiger partial charge in [0.2, 0.25) is 0 Å². The Bertz CT molecular complexity index is 575. The molecule has 2 nitrogen and oxygen atoms in total. The molecule has 0 saturated heterocycles. The van der Waals surface area contributed by atoms with Crippen molar-refractivity contribution in [3.05, 3.63) is 52.9 Å². The number of benzene rings is 1. The monoisotopic (exact) mass is 296 g/mol. The molecule has 19 heavy (non-hydrogen) atoms. The third kappa shape index (κ3) is 3.93. The van der Waals surface area contributed by atoms with Gasteiger partial charge in [-0.2, -0.15) is 0 Å². The van der Waals surface area contributed by atoms with E-state index in [2.05, 4.69) is 4.98 Å². The van der Waals surface area contributed by atoms with Crippen LogP contribution in [0, 0.1) is 5.82 Å². The van der Waals surface area contributed by atoms with Crippen LogP contribution in [-0.4, -0.2) is 11.0 Å². The van der Waals surface area contributed by atoms with Crippen LogP contribution < -0.4 is 5.73 Å². The predicted molar refractivity (Wildman–Crippen MR) is 77.1 cm³/mol. The van der Waals surface area contributed by atoms with Crippen LogP contribution >= 0.6 is 23.4 Å². The first-order chi connectivity index (χ1) is 9.06. The van der Waals surface area contributed by atoms with Crippen LogP contribution in [0.25, 0.3) is 0 Å². The van der Waals surface area contributed by atoms with E-state index in [9.17, 15) is 4.39 Å². The summed E-state index contributed by atoms with van der Waals surface area (Å²) in [5.74, 6) is -0.273. The smallest absolute Gasteiger partial charge is 0.137 e. The summed E-state index contributed by atoms with van der Waals surface area (Å²) in [5, 5.41) is 1.12. The van der Waals surface area contributed by atoms with Crippen molar-refractivity contribution in [3.8, 4) is 0 Å². The number of hydrogen-bond acceptors (Lipinski definition) is 3. The molecule has 1 heterocycles. The molecule has 0 radical (unpaired) electrons. The van der Waals surface area contributed by atoms with Gasteiger partial charge < -0.3 is 5.73 Å². The molecule has 0 aliphatic heterocycles. The SMILES string of the molecule is CC(N)Cc1ccc(Sc2ncccc2Cl)c(F)c1. The number of nitrogens with zero attached hydrogens (tertiary/aromatic N) is 1. The van der Waals surface area contributed by atoms with E-state index in [-0.39, 0.29) is 11.9 Å². The third-order valence-electron chi connectivity index (χ3n) is 2.49. The Morgan fingerprint density at radius 1 is 1.42 bits per heavy atom. The summed E-state index contributed by atoms with van der Waals surface area (Å²) in [7, 11) is 0. The van der Waals surface area contributed by atoms with Crippen LogP contribution in [0.5, 0.6) is 0 Å². The highest BCUT2D eigenvalue weighted by Crippen LogP contribution is 2.33. The van der Waals surface area contributed by atoms with Crippen molar-refractivity contribution < 1.29 is 4.39 Å². The quantitative estimate of drug-likeness (QED) is 0.929. The Morgan fingerprint density at radius 3 is 2.84 bits per heavy atom. The minimum absolute atomic E-state index is 0.0168. The summed E-state index contributed by atoms with van der Waals surface area (Å²) >= 11 is 7.22. The molecule has 0 fully saturated rings. The Kier molecular flexibility index (Phi) is 4.80. The van der Waals surface area contributed by atoms with Crippen molar-refractivity contribution in [1.82, 2.24) is 4.98 Å². The first-order valence-corrected chi connectivity index (χ1v) is 7.08. The van der Waals surface area contributed by atoms with Gasteiger partial charge in [0.1, 0.15) is 10.8 Å². The molecule has 1 atom stereocenters. The molecule has 0 amide bonds. The third-order valence-corrected chi connectivity index (χ3v) is 3.97. The van der Waals surface area contributed by atoms with Gasteiger partial charge in [-0.05, 0) is 43.2 Å².